The molecule has 1 aliphatic rings. The first-order valence-electron chi connectivity index (χ1n) is 14.3. The van der Waals surface area contributed by atoms with Crippen LogP contribution in [-0.2, 0) is 20.7 Å². The lowest BCUT2D eigenvalue weighted by Crippen LogP contribution is -2.49. The lowest BCUT2D eigenvalue weighted by molar-refractivity contribution is -0.158. The first-order valence-corrected chi connectivity index (χ1v) is 14.3. The predicted molar refractivity (Wildman–Crippen MR) is 165 cm³/mol. The monoisotopic (exact) mass is 543 g/mol. The average molecular weight is 544 g/mol. The predicted octanol–water partition coefficient (Wildman–Crippen LogP) is 6.60. The van der Waals surface area contributed by atoms with Crippen molar-refractivity contribution >= 4 is 29.4 Å². The highest BCUT2D eigenvalue weighted by Crippen LogP contribution is 2.33. The quantitative estimate of drug-likeness (QED) is 0.261. The van der Waals surface area contributed by atoms with Crippen molar-refractivity contribution in [2.75, 3.05) is 0 Å². The molecule has 1 aliphatic carbocycles. The fourth-order valence-electron chi connectivity index (χ4n) is 4.87. The molecule has 0 aromatic heterocycles. The summed E-state index contributed by atoms with van der Waals surface area (Å²) in [5, 5.41) is 2.64. The first-order chi connectivity index (χ1) is 19.0. The molecular weight excluding hydrogens is 498 g/mol. The van der Waals surface area contributed by atoms with E-state index in [4.69, 9.17) is 10.5 Å². The Balaban J connectivity index is 1.54. The van der Waals surface area contributed by atoms with Crippen LogP contribution in [0.15, 0.2) is 66.2 Å². The van der Waals surface area contributed by atoms with Gasteiger partial charge in [-0.3, -0.25) is 9.79 Å². The summed E-state index contributed by atoms with van der Waals surface area (Å²) in [5.41, 5.74) is 11.6. The van der Waals surface area contributed by atoms with Gasteiger partial charge in [-0.05, 0) is 87.6 Å². The first kappa shape index (κ1) is 31.0. The van der Waals surface area contributed by atoms with Crippen LogP contribution in [0.2, 0.25) is 0 Å². The van der Waals surface area contributed by atoms with E-state index in [1.807, 2.05) is 37.4 Å². The van der Waals surface area contributed by atoms with Crippen LogP contribution in [0, 0.1) is 0 Å². The minimum Gasteiger partial charge on any atom is -0.458 e. The number of esters is 1. The Morgan fingerprint density at radius 3 is 2.23 bits per heavy atom. The summed E-state index contributed by atoms with van der Waals surface area (Å²) in [5.74, 6) is -0.200. The van der Waals surface area contributed by atoms with Gasteiger partial charge in [0.05, 0.1) is 11.7 Å². The van der Waals surface area contributed by atoms with Gasteiger partial charge in [0.15, 0.2) is 0 Å². The maximum Gasteiger partial charge on any atom is 0.328 e. The molecule has 3 N–H and O–H groups in total. The van der Waals surface area contributed by atoms with E-state index in [0.717, 1.165) is 22.3 Å². The zero-order valence-electron chi connectivity index (χ0n) is 24.7. The number of nitrogens with two attached hydrogens (primary N) is 1. The van der Waals surface area contributed by atoms with E-state index in [0.29, 0.717) is 18.0 Å². The number of nitrogens with zero attached hydrogens (tertiary/aromatic N) is 1. The minimum absolute atomic E-state index is 0.336. The zero-order chi connectivity index (χ0) is 29.3. The third-order valence-electron chi connectivity index (χ3n) is 7.19. The van der Waals surface area contributed by atoms with Crippen molar-refractivity contribution in [2.24, 2.45) is 10.7 Å². The SMILES string of the molecule is C=C(N=C/C(=C\C)c1ccc(C2CCCCC2)cc1)c1ccc(C[C@H](N)C(=O)N[C@H](C)C(=O)OC(C)(C)C)cc1. The minimum atomic E-state index is -0.793. The van der Waals surface area contributed by atoms with Crippen LogP contribution in [0.4, 0.5) is 0 Å². The number of nitrogens with one attached hydrogen (secondary N) is 1. The number of carbonyl (C=O) groups is 2. The molecule has 3 rings (SSSR count). The summed E-state index contributed by atoms with van der Waals surface area (Å²) < 4.78 is 5.31. The summed E-state index contributed by atoms with van der Waals surface area (Å²) in [6.07, 6.45) is 10.9. The summed E-state index contributed by atoms with van der Waals surface area (Å²) in [4.78, 5) is 29.3. The molecule has 1 amide bonds. The molecule has 1 fully saturated rings. The van der Waals surface area contributed by atoms with Crippen molar-refractivity contribution in [3.63, 3.8) is 0 Å². The second-order valence-corrected chi connectivity index (χ2v) is 11.7. The fraction of sp³-hybridized carbons (Fsp3) is 0.441. The molecule has 2 aromatic carbocycles. The fourth-order valence-corrected chi connectivity index (χ4v) is 4.87. The van der Waals surface area contributed by atoms with Crippen LogP contribution >= 0.6 is 0 Å². The van der Waals surface area contributed by atoms with Crippen molar-refractivity contribution < 1.29 is 14.3 Å². The van der Waals surface area contributed by atoms with E-state index in [1.54, 1.807) is 27.7 Å². The molecule has 214 valence electrons. The number of aliphatic imine (C=N–C) groups is 1. The van der Waals surface area contributed by atoms with Gasteiger partial charge >= 0.3 is 5.97 Å². The normalized spacial score (nSPS) is 16.4. The Bertz CT molecular complexity index is 1210. The van der Waals surface area contributed by atoms with E-state index < -0.39 is 29.6 Å². The van der Waals surface area contributed by atoms with Gasteiger partial charge < -0.3 is 15.8 Å². The lowest BCUT2D eigenvalue weighted by atomic mass is 9.84. The van der Waals surface area contributed by atoms with Gasteiger partial charge in [-0.25, -0.2) is 4.79 Å². The number of allylic oxidation sites excluding steroid dienone is 2. The number of ether oxygens (including phenoxy) is 1. The van der Waals surface area contributed by atoms with Gasteiger partial charge in [-0.1, -0.05) is 80.4 Å². The van der Waals surface area contributed by atoms with Gasteiger partial charge in [0.25, 0.3) is 0 Å². The van der Waals surface area contributed by atoms with Gasteiger partial charge in [0, 0.05) is 6.21 Å². The van der Waals surface area contributed by atoms with Crippen molar-refractivity contribution in [1.29, 1.82) is 0 Å². The number of carbonyl (C=O) groups excluding carboxylic acids is 2. The molecule has 0 aliphatic heterocycles. The Morgan fingerprint density at radius 2 is 1.65 bits per heavy atom. The Labute approximate surface area is 239 Å². The molecular formula is C34H45N3O3. The van der Waals surface area contributed by atoms with Crippen molar-refractivity contribution in [3.8, 4) is 0 Å². The van der Waals surface area contributed by atoms with E-state index in [-0.39, 0.29) is 0 Å². The highest BCUT2D eigenvalue weighted by molar-refractivity contribution is 6.11. The third kappa shape index (κ3) is 9.30. The molecule has 0 radical (unpaired) electrons. The van der Waals surface area contributed by atoms with Gasteiger partial charge in [-0.2, -0.15) is 0 Å². The zero-order valence-corrected chi connectivity index (χ0v) is 24.7. The number of amides is 1. The molecule has 0 saturated heterocycles. The summed E-state index contributed by atoms with van der Waals surface area (Å²) in [6, 6.07) is 15.0. The van der Waals surface area contributed by atoms with Crippen LogP contribution in [0.3, 0.4) is 0 Å². The maximum atomic E-state index is 12.5. The van der Waals surface area contributed by atoms with Gasteiger partial charge in [0.1, 0.15) is 11.6 Å². The summed E-state index contributed by atoms with van der Waals surface area (Å²) in [6.45, 7) is 13.1. The standard InChI is InChI=1S/C34H45N3O3/c1-7-26(29-17-19-30(20-18-29)28-11-9-8-10-12-28)22-36-23(2)27-15-13-25(14-16-27)21-31(35)32(38)37-24(3)33(39)40-34(4,5)6/h7,13-20,22,24,28,31H,2,8-12,21,35H2,1,3-6H3,(H,37,38)/b26-7+,36-22?/t24-,31+/m1/s1. The Morgan fingerprint density at radius 1 is 1.05 bits per heavy atom. The molecule has 0 unspecified atom stereocenters. The van der Waals surface area contributed by atoms with Crippen LogP contribution in [-0.4, -0.2) is 35.8 Å². The molecule has 40 heavy (non-hydrogen) atoms. The van der Waals surface area contributed by atoms with Crippen molar-refractivity contribution in [3.05, 3.63) is 83.4 Å². The Hall–Kier alpha value is -3.51. The highest BCUT2D eigenvalue weighted by Gasteiger charge is 2.25. The van der Waals surface area contributed by atoms with Crippen molar-refractivity contribution in [2.45, 2.75) is 96.7 Å². The maximum absolute atomic E-state index is 12.5. The smallest absolute Gasteiger partial charge is 0.328 e. The molecule has 0 heterocycles. The van der Waals surface area contributed by atoms with Crippen LogP contribution in [0.25, 0.3) is 11.3 Å². The summed E-state index contributed by atoms with van der Waals surface area (Å²) >= 11 is 0. The van der Waals surface area contributed by atoms with Crippen molar-refractivity contribution in [1.82, 2.24) is 5.32 Å². The summed E-state index contributed by atoms with van der Waals surface area (Å²) in [7, 11) is 0. The second kappa shape index (κ2) is 14.2. The molecule has 2 atom stereocenters. The molecule has 6 heteroatoms. The highest BCUT2D eigenvalue weighted by atomic mass is 16.6. The van der Waals surface area contributed by atoms with E-state index in [1.165, 1.54) is 37.7 Å². The second-order valence-electron chi connectivity index (χ2n) is 11.7. The number of hydrogen-bond donors (Lipinski definition) is 2. The third-order valence-corrected chi connectivity index (χ3v) is 7.19. The molecule has 0 bridgehead atoms. The lowest BCUT2D eigenvalue weighted by Gasteiger charge is -2.23. The molecule has 2 aromatic rings. The van der Waals surface area contributed by atoms with Gasteiger partial charge in [-0.15, -0.1) is 0 Å². The largest absolute Gasteiger partial charge is 0.458 e. The van der Waals surface area contributed by atoms with Crippen LogP contribution in [0.1, 0.15) is 94.9 Å². The number of benzene rings is 2. The molecule has 1 saturated carbocycles. The van der Waals surface area contributed by atoms with E-state index in [2.05, 4.69) is 47.2 Å². The Kier molecular flexibility index (Phi) is 11.0. The molecule has 0 spiro atoms. The average Bonchev–Trinajstić information content (AvgIpc) is 2.93. The van der Waals surface area contributed by atoms with E-state index in [9.17, 15) is 9.59 Å². The topological polar surface area (TPSA) is 93.8 Å². The van der Waals surface area contributed by atoms with Gasteiger partial charge in [0.2, 0.25) is 5.91 Å². The number of rotatable bonds is 10. The molecule has 6 nitrogen and oxygen atoms in total. The van der Waals surface area contributed by atoms with Crippen LogP contribution < -0.4 is 11.1 Å². The van der Waals surface area contributed by atoms with E-state index >= 15 is 0 Å². The van der Waals surface area contributed by atoms with Crippen LogP contribution in [0.5, 0.6) is 0 Å². The number of hydrogen-bond acceptors (Lipinski definition) is 5.